The molecule has 2 aliphatic rings. The highest BCUT2D eigenvalue weighted by Gasteiger charge is 2.42. The second-order valence-corrected chi connectivity index (χ2v) is 5.77. The van der Waals surface area contributed by atoms with Crippen LogP contribution in [0.25, 0.3) is 0 Å². The summed E-state index contributed by atoms with van der Waals surface area (Å²) in [5.41, 5.74) is 0. The number of nitrogens with zero attached hydrogens (tertiary/aromatic N) is 2. The molecule has 21 heavy (non-hydrogen) atoms. The average molecular weight is 298 g/mol. The second kappa shape index (κ2) is 6.32. The molecule has 2 atom stereocenters. The average Bonchev–Trinajstić information content (AvgIpc) is 3.17. The molecule has 0 aromatic heterocycles. The molecule has 0 aromatic rings. The largest absolute Gasteiger partial charge is 0.481 e. The molecule has 118 valence electrons. The quantitative estimate of drug-likeness (QED) is 0.758. The Hall–Kier alpha value is -1.79. The molecular formula is C14H22N2O5. The van der Waals surface area contributed by atoms with Crippen molar-refractivity contribution in [2.75, 3.05) is 26.2 Å². The van der Waals surface area contributed by atoms with Gasteiger partial charge in [-0.3, -0.25) is 9.59 Å². The van der Waals surface area contributed by atoms with Crippen LogP contribution in [0, 0.1) is 11.8 Å². The third-order valence-electron chi connectivity index (χ3n) is 4.04. The van der Waals surface area contributed by atoms with Gasteiger partial charge in [0.1, 0.15) is 6.54 Å². The minimum absolute atomic E-state index is 0.0556. The van der Waals surface area contributed by atoms with Crippen LogP contribution in [0.3, 0.4) is 0 Å². The Kier molecular flexibility index (Phi) is 4.69. The minimum atomic E-state index is -0.874. The standard InChI is InChI=1S/C14H22N2O5/c1-3-21-12(17)8-16(10-4-5-10)14(20)15-6-9(2)11(7-15)13(18)19/h9-11H,3-8H2,1-2H3,(H,18,19). The van der Waals surface area contributed by atoms with Crippen LogP contribution < -0.4 is 0 Å². The first-order chi connectivity index (χ1) is 9.93. The first-order valence-corrected chi connectivity index (χ1v) is 7.38. The summed E-state index contributed by atoms with van der Waals surface area (Å²) in [6, 6.07) is -0.165. The third-order valence-corrected chi connectivity index (χ3v) is 4.04. The molecule has 1 N–H and O–H groups in total. The van der Waals surface area contributed by atoms with E-state index in [2.05, 4.69) is 0 Å². The zero-order valence-corrected chi connectivity index (χ0v) is 12.4. The van der Waals surface area contributed by atoms with Crippen molar-refractivity contribution >= 4 is 18.0 Å². The summed E-state index contributed by atoms with van der Waals surface area (Å²) in [4.78, 5) is 38.3. The fourth-order valence-corrected chi connectivity index (χ4v) is 2.71. The van der Waals surface area contributed by atoms with Crippen LogP contribution in [-0.4, -0.2) is 65.2 Å². The van der Waals surface area contributed by atoms with Crippen LogP contribution in [0.4, 0.5) is 4.79 Å². The number of carbonyl (C=O) groups is 3. The Balaban J connectivity index is 1.99. The highest BCUT2D eigenvalue weighted by atomic mass is 16.5. The zero-order valence-electron chi connectivity index (χ0n) is 12.4. The van der Waals surface area contributed by atoms with Crippen molar-refractivity contribution in [2.24, 2.45) is 11.8 Å². The summed E-state index contributed by atoms with van der Waals surface area (Å²) < 4.78 is 4.90. The highest BCUT2D eigenvalue weighted by Crippen LogP contribution is 2.30. The molecule has 0 aromatic carbocycles. The monoisotopic (exact) mass is 298 g/mol. The lowest BCUT2D eigenvalue weighted by Gasteiger charge is -2.27. The van der Waals surface area contributed by atoms with E-state index in [1.165, 1.54) is 4.90 Å². The highest BCUT2D eigenvalue weighted by molar-refractivity contribution is 5.82. The molecule has 2 fully saturated rings. The van der Waals surface area contributed by atoms with Crippen LogP contribution in [-0.2, 0) is 14.3 Å². The molecule has 2 rings (SSSR count). The number of carboxylic acids is 1. The van der Waals surface area contributed by atoms with Gasteiger partial charge in [-0.1, -0.05) is 6.92 Å². The number of ether oxygens (including phenoxy) is 1. The minimum Gasteiger partial charge on any atom is -0.481 e. The Bertz CT molecular complexity index is 435. The fourth-order valence-electron chi connectivity index (χ4n) is 2.71. The Morgan fingerprint density at radius 2 is 1.95 bits per heavy atom. The zero-order chi connectivity index (χ0) is 15.6. The summed E-state index contributed by atoms with van der Waals surface area (Å²) in [5, 5.41) is 9.13. The van der Waals surface area contributed by atoms with E-state index in [-0.39, 0.29) is 37.7 Å². The van der Waals surface area contributed by atoms with E-state index in [9.17, 15) is 14.4 Å². The number of amides is 2. The summed E-state index contributed by atoms with van der Waals surface area (Å²) in [6.07, 6.45) is 1.77. The lowest BCUT2D eigenvalue weighted by molar-refractivity contribution is -0.144. The van der Waals surface area contributed by atoms with E-state index in [1.807, 2.05) is 6.92 Å². The SMILES string of the molecule is CCOC(=O)CN(C(=O)N1CC(C)C(C(=O)O)C1)C1CC1. The van der Waals surface area contributed by atoms with E-state index in [0.717, 1.165) is 12.8 Å². The Morgan fingerprint density at radius 1 is 1.29 bits per heavy atom. The van der Waals surface area contributed by atoms with Gasteiger partial charge in [0.2, 0.25) is 0 Å². The van der Waals surface area contributed by atoms with Crippen LogP contribution in [0.15, 0.2) is 0 Å². The second-order valence-electron chi connectivity index (χ2n) is 5.77. The molecule has 0 spiro atoms. The smallest absolute Gasteiger partial charge is 0.325 e. The van der Waals surface area contributed by atoms with Crippen molar-refractivity contribution in [2.45, 2.75) is 32.7 Å². The predicted octanol–water partition coefficient (Wildman–Crippen LogP) is 0.786. The molecule has 2 unspecified atom stereocenters. The lowest BCUT2D eigenvalue weighted by Crippen LogP contribution is -2.46. The molecule has 0 bridgehead atoms. The predicted molar refractivity (Wildman–Crippen MR) is 73.6 cm³/mol. The molecule has 0 radical (unpaired) electrons. The molecule has 1 aliphatic carbocycles. The fraction of sp³-hybridized carbons (Fsp3) is 0.786. The number of likely N-dealkylation sites (tertiary alicyclic amines) is 1. The van der Waals surface area contributed by atoms with Crippen LogP contribution >= 0.6 is 0 Å². The van der Waals surface area contributed by atoms with Gasteiger partial charge in [-0.05, 0) is 25.7 Å². The first-order valence-electron chi connectivity index (χ1n) is 7.38. The van der Waals surface area contributed by atoms with Crippen LogP contribution in [0.1, 0.15) is 26.7 Å². The van der Waals surface area contributed by atoms with Crippen LogP contribution in [0.5, 0.6) is 0 Å². The van der Waals surface area contributed by atoms with Gasteiger partial charge in [0, 0.05) is 19.1 Å². The summed E-state index contributed by atoms with van der Waals surface area (Å²) in [7, 11) is 0. The third kappa shape index (κ3) is 3.65. The van der Waals surface area contributed by atoms with Gasteiger partial charge in [0.05, 0.1) is 12.5 Å². The summed E-state index contributed by atoms with van der Waals surface area (Å²) in [6.45, 7) is 4.41. The van der Waals surface area contributed by atoms with Crippen molar-refractivity contribution in [3.05, 3.63) is 0 Å². The van der Waals surface area contributed by atoms with Crippen LogP contribution in [0.2, 0.25) is 0 Å². The van der Waals surface area contributed by atoms with Gasteiger partial charge in [-0.25, -0.2) is 4.79 Å². The number of esters is 1. The van der Waals surface area contributed by atoms with Crippen molar-refractivity contribution in [3.63, 3.8) is 0 Å². The Labute approximate surface area is 123 Å². The molecule has 7 nitrogen and oxygen atoms in total. The number of hydrogen-bond acceptors (Lipinski definition) is 4. The maximum absolute atomic E-state index is 12.5. The topological polar surface area (TPSA) is 87.2 Å². The molecule has 7 heteroatoms. The molecule has 1 saturated carbocycles. The number of rotatable bonds is 5. The van der Waals surface area contributed by atoms with Gasteiger partial charge in [-0.2, -0.15) is 0 Å². The van der Waals surface area contributed by atoms with Crippen molar-refractivity contribution in [1.82, 2.24) is 9.80 Å². The van der Waals surface area contributed by atoms with Gasteiger partial charge < -0.3 is 19.6 Å². The van der Waals surface area contributed by atoms with E-state index in [4.69, 9.17) is 9.84 Å². The molecule has 1 saturated heterocycles. The number of hydrogen-bond donors (Lipinski definition) is 1. The van der Waals surface area contributed by atoms with Crippen molar-refractivity contribution < 1.29 is 24.2 Å². The van der Waals surface area contributed by atoms with Gasteiger partial charge in [0.15, 0.2) is 0 Å². The van der Waals surface area contributed by atoms with E-state index < -0.39 is 17.9 Å². The Morgan fingerprint density at radius 3 is 2.43 bits per heavy atom. The van der Waals surface area contributed by atoms with E-state index >= 15 is 0 Å². The van der Waals surface area contributed by atoms with Gasteiger partial charge >= 0.3 is 18.0 Å². The maximum atomic E-state index is 12.5. The normalized spacial score (nSPS) is 24.8. The molecular weight excluding hydrogens is 276 g/mol. The lowest BCUT2D eigenvalue weighted by atomic mass is 9.99. The van der Waals surface area contributed by atoms with E-state index in [0.29, 0.717) is 6.54 Å². The number of urea groups is 1. The van der Waals surface area contributed by atoms with Gasteiger partial charge in [0.25, 0.3) is 0 Å². The number of carboxylic acid groups (broad SMARTS) is 1. The molecule has 1 aliphatic heterocycles. The summed E-state index contributed by atoms with van der Waals surface area (Å²) >= 11 is 0. The number of carbonyl (C=O) groups excluding carboxylic acids is 2. The molecule has 2 amide bonds. The van der Waals surface area contributed by atoms with Gasteiger partial charge in [-0.15, -0.1) is 0 Å². The number of aliphatic carboxylic acids is 1. The van der Waals surface area contributed by atoms with Crippen molar-refractivity contribution in [3.8, 4) is 0 Å². The van der Waals surface area contributed by atoms with E-state index in [1.54, 1.807) is 11.8 Å². The summed E-state index contributed by atoms with van der Waals surface area (Å²) in [5.74, 6) is -1.89. The first kappa shape index (κ1) is 15.6. The molecule has 1 heterocycles. The van der Waals surface area contributed by atoms with Crippen molar-refractivity contribution in [1.29, 1.82) is 0 Å². The maximum Gasteiger partial charge on any atom is 0.325 e.